The minimum atomic E-state index is -0.0640. The van der Waals surface area contributed by atoms with Gasteiger partial charge in [-0.2, -0.15) is 0 Å². The van der Waals surface area contributed by atoms with Crippen molar-refractivity contribution in [3.05, 3.63) is 36.3 Å². The Morgan fingerprint density at radius 3 is 2.74 bits per heavy atom. The van der Waals surface area contributed by atoms with E-state index in [1.807, 2.05) is 4.90 Å². The molecule has 1 amide bonds. The summed E-state index contributed by atoms with van der Waals surface area (Å²) in [5.41, 5.74) is 0. The van der Waals surface area contributed by atoms with E-state index in [1.54, 1.807) is 25.6 Å². The fraction of sp³-hybridized carbons (Fsp3) is 0.600. The van der Waals surface area contributed by atoms with Crippen molar-refractivity contribution in [2.24, 2.45) is 4.99 Å². The summed E-state index contributed by atoms with van der Waals surface area (Å²) in [5.74, 6) is 2.16. The van der Waals surface area contributed by atoms with Crippen LogP contribution in [-0.2, 0) is 17.7 Å². The smallest absolute Gasteiger partial charge is 0.289 e. The molecule has 2 aromatic rings. The van der Waals surface area contributed by atoms with Gasteiger partial charge in [0.1, 0.15) is 12.2 Å². The number of guanidine groups is 1. The molecule has 0 atom stereocenters. The Kier molecular flexibility index (Phi) is 10.8. The molecule has 0 aromatic carbocycles. The Labute approximate surface area is 200 Å². The van der Waals surface area contributed by atoms with E-state index in [-0.39, 0.29) is 29.9 Å². The third-order valence-corrected chi connectivity index (χ3v) is 5.01. The van der Waals surface area contributed by atoms with Crippen molar-refractivity contribution >= 4 is 35.8 Å². The Hall–Kier alpha value is -2.15. The predicted molar refractivity (Wildman–Crippen MR) is 128 cm³/mol. The highest BCUT2D eigenvalue weighted by Gasteiger charge is 2.25. The van der Waals surface area contributed by atoms with Gasteiger partial charge in [-0.15, -0.1) is 34.2 Å². The average Bonchev–Trinajstić information content (AvgIpc) is 3.47. The fourth-order valence-corrected chi connectivity index (χ4v) is 3.37. The zero-order valence-electron chi connectivity index (χ0n) is 18.2. The van der Waals surface area contributed by atoms with Crippen molar-refractivity contribution in [3.8, 4) is 0 Å². The van der Waals surface area contributed by atoms with E-state index < -0.39 is 0 Å². The van der Waals surface area contributed by atoms with Gasteiger partial charge in [-0.1, -0.05) is 6.92 Å². The van der Waals surface area contributed by atoms with Crippen LogP contribution in [0.5, 0.6) is 0 Å². The normalized spacial score (nSPS) is 14.5. The molecule has 0 aliphatic carbocycles. The predicted octanol–water partition coefficient (Wildman–Crippen LogP) is 1.49. The molecular weight excluding hydrogens is 513 g/mol. The number of aromatic nitrogens is 3. The van der Waals surface area contributed by atoms with Crippen LogP contribution < -0.4 is 5.32 Å². The number of aliphatic imine (C=N–C) groups is 1. The maximum atomic E-state index is 12.5. The number of carbonyl (C=O) groups is 1. The number of hydrogen-bond acceptors (Lipinski definition) is 6. The second-order valence-corrected chi connectivity index (χ2v) is 7.03. The monoisotopic (exact) mass is 545 g/mol. The quantitative estimate of drug-likeness (QED) is 0.221. The van der Waals surface area contributed by atoms with E-state index in [0.717, 1.165) is 50.8 Å². The summed E-state index contributed by atoms with van der Waals surface area (Å²) in [6, 6.07) is 3.44. The summed E-state index contributed by atoms with van der Waals surface area (Å²) in [4.78, 5) is 21.3. The van der Waals surface area contributed by atoms with Crippen molar-refractivity contribution in [1.29, 1.82) is 0 Å². The van der Waals surface area contributed by atoms with E-state index in [2.05, 4.69) is 31.9 Å². The lowest BCUT2D eigenvalue weighted by Crippen LogP contribution is -2.54. The molecule has 0 saturated carbocycles. The second kappa shape index (κ2) is 13.3. The summed E-state index contributed by atoms with van der Waals surface area (Å²) >= 11 is 0. The molecule has 31 heavy (non-hydrogen) atoms. The number of hydrogen-bond donors (Lipinski definition) is 1. The molecule has 11 heteroatoms. The van der Waals surface area contributed by atoms with E-state index in [1.165, 1.54) is 6.26 Å². The van der Waals surface area contributed by atoms with Crippen LogP contribution in [0.15, 0.2) is 34.1 Å². The number of ether oxygens (including phenoxy) is 1. The highest BCUT2D eigenvalue weighted by molar-refractivity contribution is 14.0. The first-order chi connectivity index (χ1) is 14.7. The van der Waals surface area contributed by atoms with Crippen LogP contribution in [0.1, 0.15) is 29.7 Å². The third kappa shape index (κ3) is 7.20. The number of piperazine rings is 1. The topological polar surface area (TPSA) is 101 Å². The maximum absolute atomic E-state index is 12.5. The molecule has 3 heterocycles. The number of aryl methyl sites for hydroxylation is 1. The van der Waals surface area contributed by atoms with Crippen LogP contribution in [0.25, 0.3) is 0 Å². The lowest BCUT2D eigenvalue weighted by molar-refractivity contribution is 0.0657. The molecular formula is C20H32IN7O3. The number of methoxy groups -OCH3 is 1. The van der Waals surface area contributed by atoms with Gasteiger partial charge in [0.05, 0.1) is 6.26 Å². The van der Waals surface area contributed by atoms with Crippen molar-refractivity contribution in [3.63, 3.8) is 0 Å². The lowest BCUT2D eigenvalue weighted by Gasteiger charge is -2.36. The van der Waals surface area contributed by atoms with Crippen LogP contribution in [0, 0.1) is 0 Å². The van der Waals surface area contributed by atoms with E-state index in [9.17, 15) is 4.79 Å². The van der Waals surface area contributed by atoms with Crippen molar-refractivity contribution in [2.75, 3.05) is 53.0 Å². The van der Waals surface area contributed by atoms with E-state index >= 15 is 0 Å². The number of nitrogens with zero attached hydrogens (tertiary/aromatic N) is 6. The summed E-state index contributed by atoms with van der Waals surface area (Å²) in [6.45, 7) is 7.62. The van der Waals surface area contributed by atoms with Crippen LogP contribution in [0.3, 0.4) is 0 Å². The Bertz CT molecular complexity index is 802. The summed E-state index contributed by atoms with van der Waals surface area (Å²) in [7, 11) is 1.70. The highest BCUT2D eigenvalue weighted by Crippen LogP contribution is 2.10. The first kappa shape index (κ1) is 25.1. The molecule has 10 nitrogen and oxygen atoms in total. The number of furan rings is 1. The summed E-state index contributed by atoms with van der Waals surface area (Å²) in [5, 5.41) is 11.6. The van der Waals surface area contributed by atoms with Gasteiger partial charge in [-0.3, -0.25) is 9.79 Å². The zero-order chi connectivity index (χ0) is 21.2. The second-order valence-electron chi connectivity index (χ2n) is 7.03. The number of rotatable bonds is 9. The SMILES string of the molecule is CCc1nncn1CCNC(=NCCCOC)N1CCN(C(=O)c2ccco2)CC1.I. The molecule has 1 fully saturated rings. The fourth-order valence-electron chi connectivity index (χ4n) is 3.37. The molecule has 1 N–H and O–H groups in total. The number of nitrogens with one attached hydrogen (secondary N) is 1. The van der Waals surface area contributed by atoms with Crippen LogP contribution in [0.2, 0.25) is 0 Å². The Morgan fingerprint density at radius 1 is 1.29 bits per heavy atom. The minimum Gasteiger partial charge on any atom is -0.459 e. The first-order valence-corrected chi connectivity index (χ1v) is 10.4. The summed E-state index contributed by atoms with van der Waals surface area (Å²) < 4.78 is 12.4. The molecule has 1 saturated heterocycles. The van der Waals surface area contributed by atoms with Gasteiger partial charge in [0.15, 0.2) is 11.7 Å². The van der Waals surface area contributed by atoms with Gasteiger partial charge in [-0.25, -0.2) is 0 Å². The Morgan fingerprint density at radius 2 is 2.06 bits per heavy atom. The molecule has 0 bridgehead atoms. The number of halogens is 1. The molecule has 0 radical (unpaired) electrons. The largest absolute Gasteiger partial charge is 0.459 e. The average molecular weight is 545 g/mol. The van der Waals surface area contributed by atoms with Gasteiger partial charge in [-0.05, 0) is 18.6 Å². The molecule has 172 valence electrons. The molecule has 2 aromatic heterocycles. The standard InChI is InChI=1S/C20H31N7O3.HI/c1-3-18-24-23-16-27(18)9-8-22-20(21-7-5-14-29-2)26-12-10-25(11-13-26)19(28)17-6-4-15-30-17;/h4,6,15-16H,3,5,7-14H2,1-2H3,(H,21,22);1H. The molecule has 0 spiro atoms. The molecule has 3 rings (SSSR count). The van der Waals surface area contributed by atoms with E-state index in [0.29, 0.717) is 32.0 Å². The van der Waals surface area contributed by atoms with Crippen molar-refractivity contribution in [1.82, 2.24) is 29.9 Å². The van der Waals surface area contributed by atoms with Gasteiger partial charge < -0.3 is 28.8 Å². The lowest BCUT2D eigenvalue weighted by atomic mass is 10.3. The van der Waals surface area contributed by atoms with Crippen LogP contribution in [-0.4, -0.2) is 89.4 Å². The van der Waals surface area contributed by atoms with Gasteiger partial charge in [0.25, 0.3) is 5.91 Å². The van der Waals surface area contributed by atoms with Gasteiger partial charge in [0.2, 0.25) is 0 Å². The first-order valence-electron chi connectivity index (χ1n) is 10.4. The van der Waals surface area contributed by atoms with Crippen molar-refractivity contribution in [2.45, 2.75) is 26.3 Å². The van der Waals surface area contributed by atoms with Gasteiger partial charge >= 0.3 is 0 Å². The van der Waals surface area contributed by atoms with Crippen molar-refractivity contribution < 1.29 is 13.9 Å². The summed E-state index contributed by atoms with van der Waals surface area (Å²) in [6.07, 6.45) is 5.00. The highest BCUT2D eigenvalue weighted by atomic mass is 127. The maximum Gasteiger partial charge on any atom is 0.289 e. The minimum absolute atomic E-state index is 0. The zero-order valence-corrected chi connectivity index (χ0v) is 20.5. The molecule has 1 aliphatic heterocycles. The molecule has 0 unspecified atom stereocenters. The van der Waals surface area contributed by atoms with Gasteiger partial charge in [0, 0.05) is 66.0 Å². The number of amides is 1. The van der Waals surface area contributed by atoms with E-state index in [4.69, 9.17) is 14.1 Å². The third-order valence-electron chi connectivity index (χ3n) is 5.01. The van der Waals surface area contributed by atoms with Crippen LogP contribution in [0.4, 0.5) is 0 Å². The molecule has 1 aliphatic rings. The number of carbonyl (C=O) groups excluding carboxylic acids is 1. The van der Waals surface area contributed by atoms with Crippen LogP contribution >= 0.6 is 24.0 Å². The Balaban J connectivity index is 0.00000341.